The summed E-state index contributed by atoms with van der Waals surface area (Å²) in [6, 6.07) is 0. The molecule has 1 N–H and O–H groups in total. The third-order valence-electron chi connectivity index (χ3n) is 1.29. The lowest BCUT2D eigenvalue weighted by Crippen LogP contribution is -2.38. The summed E-state index contributed by atoms with van der Waals surface area (Å²) in [6.07, 6.45) is -16.7. The monoisotopic (exact) mass is 240 g/mol. The van der Waals surface area contributed by atoms with Crippen LogP contribution in [0, 0.1) is 0 Å². The van der Waals surface area contributed by atoms with Gasteiger partial charge in [0, 0.05) is 0 Å². The Morgan fingerprint density at radius 2 is 1.67 bits per heavy atom. The van der Waals surface area contributed by atoms with Crippen molar-refractivity contribution in [1.29, 1.82) is 0 Å². The zero-order valence-corrected chi connectivity index (χ0v) is 7.69. The van der Waals surface area contributed by atoms with Crippen LogP contribution in [0.5, 0.6) is 0 Å². The predicted octanol–water partition coefficient (Wildman–Crippen LogP) is 2.27. The lowest BCUT2D eigenvalue weighted by Gasteiger charge is -2.22. The van der Waals surface area contributed by atoms with Crippen LogP contribution in [0.2, 0.25) is 0 Å². The summed E-state index contributed by atoms with van der Waals surface area (Å²) in [5.41, 5.74) is 0. The molecule has 0 aliphatic rings. The van der Waals surface area contributed by atoms with Gasteiger partial charge in [0.15, 0.2) is 6.17 Å². The van der Waals surface area contributed by atoms with Gasteiger partial charge in [0.2, 0.25) is 0 Å². The van der Waals surface area contributed by atoms with E-state index in [4.69, 9.17) is 5.11 Å². The maximum atomic E-state index is 12.5. The zero-order valence-electron chi connectivity index (χ0n) is 7.69. The van der Waals surface area contributed by atoms with E-state index in [1.54, 1.807) is 0 Å². The van der Waals surface area contributed by atoms with Crippen molar-refractivity contribution in [3.05, 3.63) is 0 Å². The van der Waals surface area contributed by atoms with Crippen LogP contribution in [0.1, 0.15) is 13.3 Å². The minimum atomic E-state index is -5.03. The van der Waals surface area contributed by atoms with Gasteiger partial charge in [-0.1, -0.05) is 0 Å². The van der Waals surface area contributed by atoms with Gasteiger partial charge in [0.25, 0.3) is 0 Å². The van der Waals surface area contributed by atoms with Crippen LogP contribution in [0.4, 0.5) is 26.3 Å². The molecule has 0 fully saturated rings. The van der Waals surface area contributed by atoms with Crippen LogP contribution in [-0.2, 0) is 4.74 Å². The summed E-state index contributed by atoms with van der Waals surface area (Å²) >= 11 is 0. The van der Waals surface area contributed by atoms with Crippen LogP contribution in [0.15, 0.2) is 0 Å². The first-order chi connectivity index (χ1) is 6.54. The van der Waals surface area contributed by atoms with E-state index >= 15 is 0 Å². The number of halogens is 6. The van der Waals surface area contributed by atoms with E-state index in [0.717, 1.165) is 6.92 Å². The largest absolute Gasteiger partial charge is 0.392 e. The molecular weight excluding hydrogens is 230 g/mol. The Morgan fingerprint density at radius 1 is 1.20 bits per heavy atom. The van der Waals surface area contributed by atoms with Crippen LogP contribution in [0.3, 0.4) is 0 Å². The smallest absolute Gasteiger partial charge is 0.391 e. The normalized spacial score (nSPS) is 17.6. The maximum absolute atomic E-state index is 12.5. The fourth-order valence-corrected chi connectivity index (χ4v) is 0.644. The van der Waals surface area contributed by atoms with Gasteiger partial charge in [0.1, 0.15) is 0 Å². The van der Waals surface area contributed by atoms with Crippen molar-refractivity contribution in [2.45, 2.75) is 37.9 Å². The molecule has 2 unspecified atom stereocenters. The third-order valence-corrected chi connectivity index (χ3v) is 1.29. The standard InChI is InChI=1S/C7H10F6O2/c1-4(14)3-15-7(12,13)5(8)2-6(9,10)11/h4-5,14H,2-3H2,1H3. The molecule has 0 aromatic heterocycles. The number of rotatable bonds is 5. The summed E-state index contributed by atoms with van der Waals surface area (Å²) in [6.45, 7) is 0.137. The molecule has 92 valence electrons. The van der Waals surface area contributed by atoms with Gasteiger partial charge in [-0.3, -0.25) is 0 Å². The highest BCUT2D eigenvalue weighted by atomic mass is 19.4. The Bertz CT molecular complexity index is 190. The average Bonchev–Trinajstić information content (AvgIpc) is 1.97. The molecule has 0 aromatic rings. The first-order valence-electron chi connectivity index (χ1n) is 3.95. The Labute approximate surface area is 81.8 Å². The fraction of sp³-hybridized carbons (Fsp3) is 1.00. The molecule has 0 rings (SSSR count). The molecule has 0 saturated heterocycles. The Kier molecular flexibility index (Phi) is 4.85. The zero-order chi connectivity index (χ0) is 12.3. The summed E-state index contributed by atoms with van der Waals surface area (Å²) < 4.78 is 75.7. The summed E-state index contributed by atoms with van der Waals surface area (Å²) in [4.78, 5) is 0. The molecule has 0 bridgehead atoms. The number of hydrogen-bond acceptors (Lipinski definition) is 2. The van der Waals surface area contributed by atoms with E-state index in [9.17, 15) is 26.3 Å². The van der Waals surface area contributed by atoms with Crippen molar-refractivity contribution < 1.29 is 36.2 Å². The van der Waals surface area contributed by atoms with E-state index in [1.165, 1.54) is 0 Å². The summed E-state index contributed by atoms with van der Waals surface area (Å²) in [7, 11) is 0. The van der Waals surface area contributed by atoms with Crippen molar-refractivity contribution in [3.8, 4) is 0 Å². The minimum Gasteiger partial charge on any atom is -0.391 e. The quantitative estimate of drug-likeness (QED) is 0.747. The van der Waals surface area contributed by atoms with E-state index in [0.29, 0.717) is 0 Å². The molecule has 0 aromatic carbocycles. The van der Waals surface area contributed by atoms with Crippen molar-refractivity contribution in [1.82, 2.24) is 0 Å². The molecule has 0 aliphatic carbocycles. The molecule has 0 amide bonds. The van der Waals surface area contributed by atoms with Crippen LogP contribution >= 0.6 is 0 Å². The highest BCUT2D eigenvalue weighted by Crippen LogP contribution is 2.32. The molecule has 0 spiro atoms. The first-order valence-corrected chi connectivity index (χ1v) is 3.95. The minimum absolute atomic E-state index is 0.939. The molecule has 0 radical (unpaired) electrons. The summed E-state index contributed by atoms with van der Waals surface area (Å²) in [5, 5.41) is 8.53. The van der Waals surface area contributed by atoms with Gasteiger partial charge >= 0.3 is 12.3 Å². The second-order valence-corrected chi connectivity index (χ2v) is 3.01. The van der Waals surface area contributed by atoms with Gasteiger partial charge in [-0.05, 0) is 6.92 Å². The highest BCUT2D eigenvalue weighted by Gasteiger charge is 2.48. The van der Waals surface area contributed by atoms with Crippen molar-refractivity contribution in [2.24, 2.45) is 0 Å². The molecule has 8 heteroatoms. The lowest BCUT2D eigenvalue weighted by atomic mass is 10.2. The summed E-state index contributed by atoms with van der Waals surface area (Å²) in [5.74, 6) is 0. The van der Waals surface area contributed by atoms with Crippen LogP contribution in [0.25, 0.3) is 0 Å². The number of aliphatic hydroxyl groups excluding tert-OH is 1. The Hall–Kier alpha value is -0.500. The van der Waals surface area contributed by atoms with Crippen molar-refractivity contribution in [3.63, 3.8) is 0 Å². The van der Waals surface area contributed by atoms with Crippen molar-refractivity contribution >= 4 is 0 Å². The molecule has 2 nitrogen and oxygen atoms in total. The van der Waals surface area contributed by atoms with Gasteiger partial charge in [-0.2, -0.15) is 22.0 Å². The highest BCUT2D eigenvalue weighted by molar-refractivity contribution is 4.71. The van der Waals surface area contributed by atoms with E-state index < -0.39 is 37.6 Å². The second kappa shape index (κ2) is 5.02. The van der Waals surface area contributed by atoms with E-state index in [2.05, 4.69) is 4.74 Å². The molecule has 0 heterocycles. The average molecular weight is 240 g/mol. The van der Waals surface area contributed by atoms with E-state index in [-0.39, 0.29) is 0 Å². The fourth-order valence-electron chi connectivity index (χ4n) is 0.644. The molecule has 15 heavy (non-hydrogen) atoms. The lowest BCUT2D eigenvalue weighted by molar-refractivity contribution is -0.295. The van der Waals surface area contributed by atoms with Gasteiger partial charge in [-0.25, -0.2) is 4.39 Å². The number of alkyl halides is 6. The second-order valence-electron chi connectivity index (χ2n) is 3.01. The molecular formula is C7H10F6O2. The molecule has 0 saturated carbocycles. The third kappa shape index (κ3) is 6.56. The number of hydrogen-bond donors (Lipinski definition) is 1. The number of ether oxygens (including phenoxy) is 1. The van der Waals surface area contributed by atoms with Crippen LogP contribution in [-0.4, -0.2) is 36.3 Å². The van der Waals surface area contributed by atoms with Crippen molar-refractivity contribution in [2.75, 3.05) is 6.61 Å². The topological polar surface area (TPSA) is 29.5 Å². The van der Waals surface area contributed by atoms with Gasteiger partial charge in [-0.15, -0.1) is 0 Å². The molecule has 0 aliphatic heterocycles. The SMILES string of the molecule is CC(O)COC(F)(F)C(F)CC(F)(F)F. The van der Waals surface area contributed by atoms with Gasteiger partial charge < -0.3 is 9.84 Å². The first kappa shape index (κ1) is 14.5. The van der Waals surface area contributed by atoms with E-state index in [1.807, 2.05) is 0 Å². The predicted molar refractivity (Wildman–Crippen MR) is 38.1 cm³/mol. The Balaban J connectivity index is 4.19. The Morgan fingerprint density at radius 3 is 2.00 bits per heavy atom. The molecule has 2 atom stereocenters. The maximum Gasteiger partial charge on any atom is 0.392 e. The van der Waals surface area contributed by atoms with Gasteiger partial charge in [0.05, 0.1) is 19.1 Å². The number of aliphatic hydroxyl groups is 1. The van der Waals surface area contributed by atoms with Crippen LogP contribution < -0.4 is 0 Å².